The molecule has 0 aromatic heterocycles. The average Bonchev–Trinajstić information content (AvgIpc) is 2.76. The highest BCUT2D eigenvalue weighted by atomic mass is 35.5. The largest absolute Gasteiger partial charge is 0.495 e. The minimum absolute atomic E-state index is 0.00715. The highest BCUT2D eigenvalue weighted by molar-refractivity contribution is 7.92. The number of anilines is 2. The van der Waals surface area contributed by atoms with Crippen LogP contribution in [0, 0.1) is 0 Å². The smallest absolute Gasteiger partial charge is 0.262 e. The summed E-state index contributed by atoms with van der Waals surface area (Å²) in [6.07, 6.45) is 0. The fraction of sp³-hybridized carbons (Fsp3) is 0.136. The van der Waals surface area contributed by atoms with Crippen molar-refractivity contribution in [3.63, 3.8) is 0 Å². The van der Waals surface area contributed by atoms with Crippen molar-refractivity contribution in [2.75, 3.05) is 23.8 Å². The van der Waals surface area contributed by atoms with Crippen molar-refractivity contribution in [1.29, 1.82) is 0 Å². The van der Waals surface area contributed by atoms with Crippen LogP contribution in [0.3, 0.4) is 0 Å². The molecule has 3 aromatic rings. The van der Waals surface area contributed by atoms with Crippen molar-refractivity contribution in [1.82, 2.24) is 0 Å². The molecule has 3 aromatic carbocycles. The number of sulfonamides is 1. The van der Waals surface area contributed by atoms with Crippen LogP contribution in [-0.2, 0) is 10.0 Å². The maximum absolute atomic E-state index is 12.7. The van der Waals surface area contributed by atoms with E-state index in [0.717, 1.165) is 0 Å². The van der Waals surface area contributed by atoms with Crippen LogP contribution in [0.5, 0.6) is 11.5 Å². The molecule has 0 fully saturated rings. The molecule has 31 heavy (non-hydrogen) atoms. The summed E-state index contributed by atoms with van der Waals surface area (Å²) < 4.78 is 38.5. The van der Waals surface area contributed by atoms with Gasteiger partial charge in [0.1, 0.15) is 11.5 Å². The highest BCUT2D eigenvalue weighted by Gasteiger charge is 2.18. The van der Waals surface area contributed by atoms with Crippen LogP contribution in [-0.4, -0.2) is 28.0 Å². The van der Waals surface area contributed by atoms with Crippen molar-refractivity contribution in [3.8, 4) is 11.5 Å². The number of halogens is 1. The van der Waals surface area contributed by atoms with Gasteiger partial charge >= 0.3 is 0 Å². The van der Waals surface area contributed by atoms with Gasteiger partial charge in [-0.15, -0.1) is 0 Å². The zero-order valence-corrected chi connectivity index (χ0v) is 18.5. The van der Waals surface area contributed by atoms with Crippen LogP contribution in [0.1, 0.15) is 17.3 Å². The Morgan fingerprint density at radius 2 is 1.68 bits per heavy atom. The lowest BCUT2D eigenvalue weighted by molar-refractivity contribution is 0.102. The van der Waals surface area contributed by atoms with Gasteiger partial charge in [0.25, 0.3) is 15.9 Å². The number of rotatable bonds is 8. The minimum atomic E-state index is -3.87. The molecule has 7 nitrogen and oxygen atoms in total. The summed E-state index contributed by atoms with van der Waals surface area (Å²) in [6.45, 7) is 2.26. The predicted molar refractivity (Wildman–Crippen MR) is 121 cm³/mol. The second-order valence-corrected chi connectivity index (χ2v) is 8.48. The van der Waals surface area contributed by atoms with Crippen molar-refractivity contribution in [3.05, 3.63) is 77.3 Å². The fourth-order valence-corrected chi connectivity index (χ4v) is 4.04. The van der Waals surface area contributed by atoms with Gasteiger partial charge in [0.05, 0.1) is 30.0 Å². The number of ether oxygens (including phenoxy) is 2. The number of hydrogen-bond acceptors (Lipinski definition) is 5. The normalized spacial score (nSPS) is 10.9. The Balaban J connectivity index is 1.78. The number of hydrogen-bond donors (Lipinski definition) is 2. The number of benzene rings is 3. The maximum atomic E-state index is 12.7. The molecule has 3 rings (SSSR count). The summed E-state index contributed by atoms with van der Waals surface area (Å²) >= 11 is 6.02. The number of para-hydroxylation sites is 2. The van der Waals surface area contributed by atoms with Crippen molar-refractivity contribution < 1.29 is 22.7 Å². The van der Waals surface area contributed by atoms with Gasteiger partial charge in [-0.05, 0) is 61.5 Å². The first kappa shape index (κ1) is 22.5. The molecule has 0 atom stereocenters. The lowest BCUT2D eigenvalue weighted by atomic mass is 10.2. The van der Waals surface area contributed by atoms with Crippen LogP contribution in [0.15, 0.2) is 71.6 Å². The van der Waals surface area contributed by atoms with Crippen LogP contribution in [0.4, 0.5) is 11.4 Å². The lowest BCUT2D eigenvalue weighted by Gasteiger charge is -2.13. The van der Waals surface area contributed by atoms with E-state index in [1.54, 1.807) is 42.5 Å². The summed E-state index contributed by atoms with van der Waals surface area (Å²) in [6, 6.07) is 17.2. The summed E-state index contributed by atoms with van der Waals surface area (Å²) in [5.41, 5.74) is 1.02. The third kappa shape index (κ3) is 5.48. The summed E-state index contributed by atoms with van der Waals surface area (Å²) in [5, 5.41) is 3.18. The first-order valence-electron chi connectivity index (χ1n) is 9.33. The maximum Gasteiger partial charge on any atom is 0.262 e. The number of carbonyl (C=O) groups excluding carboxylic acids is 1. The van der Waals surface area contributed by atoms with Crippen molar-refractivity contribution in [2.45, 2.75) is 11.8 Å². The van der Waals surface area contributed by atoms with Crippen LogP contribution in [0.25, 0.3) is 0 Å². The Labute approximate surface area is 186 Å². The predicted octanol–water partition coefficient (Wildman–Crippen LogP) is 4.80. The Kier molecular flexibility index (Phi) is 7.04. The van der Waals surface area contributed by atoms with Gasteiger partial charge in [-0.25, -0.2) is 8.42 Å². The molecular weight excluding hydrogens is 440 g/mol. The van der Waals surface area contributed by atoms with Crippen molar-refractivity contribution in [2.24, 2.45) is 0 Å². The fourth-order valence-electron chi connectivity index (χ4n) is 2.79. The highest BCUT2D eigenvalue weighted by Crippen LogP contribution is 2.29. The van der Waals surface area contributed by atoms with E-state index < -0.39 is 15.9 Å². The lowest BCUT2D eigenvalue weighted by Crippen LogP contribution is -2.15. The SMILES string of the molecule is CCOc1ccc(Cl)cc1NC(=O)c1ccc(S(=O)(=O)Nc2ccccc2OC)cc1. The second-order valence-electron chi connectivity index (χ2n) is 6.36. The Morgan fingerprint density at radius 3 is 2.35 bits per heavy atom. The van der Waals surface area contributed by atoms with Gasteiger partial charge in [-0.2, -0.15) is 0 Å². The molecule has 0 radical (unpaired) electrons. The molecule has 0 aliphatic rings. The van der Waals surface area contributed by atoms with Gasteiger partial charge < -0.3 is 14.8 Å². The zero-order valence-electron chi connectivity index (χ0n) is 16.9. The molecule has 0 saturated carbocycles. The second kappa shape index (κ2) is 9.72. The van der Waals surface area contributed by atoms with Gasteiger partial charge in [0.15, 0.2) is 0 Å². The molecule has 0 spiro atoms. The number of carbonyl (C=O) groups is 1. The molecule has 1 amide bonds. The number of amides is 1. The first-order chi connectivity index (χ1) is 14.8. The number of nitrogens with one attached hydrogen (secondary N) is 2. The van der Waals surface area contributed by atoms with Crippen LogP contribution in [0.2, 0.25) is 5.02 Å². The molecular formula is C22H21ClN2O5S. The summed E-state index contributed by atoms with van der Waals surface area (Å²) in [5.74, 6) is 0.457. The van der Waals surface area contributed by atoms with E-state index in [2.05, 4.69) is 10.0 Å². The van der Waals surface area contributed by atoms with E-state index in [1.807, 2.05) is 6.92 Å². The quantitative estimate of drug-likeness (QED) is 0.503. The molecule has 0 aliphatic carbocycles. The molecule has 0 heterocycles. The van der Waals surface area contributed by atoms with E-state index >= 15 is 0 Å². The molecule has 0 bridgehead atoms. The van der Waals surface area contributed by atoms with E-state index in [-0.39, 0.29) is 10.5 Å². The summed E-state index contributed by atoms with van der Waals surface area (Å²) in [4.78, 5) is 12.6. The zero-order chi connectivity index (χ0) is 22.4. The van der Waals surface area contributed by atoms with E-state index in [0.29, 0.717) is 34.5 Å². The molecule has 0 unspecified atom stereocenters. The molecule has 9 heteroatoms. The van der Waals surface area contributed by atoms with E-state index in [4.69, 9.17) is 21.1 Å². The van der Waals surface area contributed by atoms with E-state index in [1.165, 1.54) is 31.4 Å². The Morgan fingerprint density at radius 1 is 0.968 bits per heavy atom. The third-order valence-electron chi connectivity index (χ3n) is 4.27. The van der Waals surface area contributed by atoms with Gasteiger partial charge in [-0.1, -0.05) is 23.7 Å². The average molecular weight is 461 g/mol. The topological polar surface area (TPSA) is 93.7 Å². The Hall–Kier alpha value is -3.23. The van der Waals surface area contributed by atoms with E-state index in [9.17, 15) is 13.2 Å². The van der Waals surface area contributed by atoms with Gasteiger partial charge in [0, 0.05) is 10.6 Å². The standard InChI is InChI=1S/C22H21ClN2O5S/c1-3-30-21-13-10-16(23)14-19(21)24-22(26)15-8-11-17(12-9-15)31(27,28)25-18-6-4-5-7-20(18)29-2/h4-14,25H,3H2,1-2H3,(H,24,26). The van der Waals surface area contributed by atoms with Crippen LogP contribution < -0.4 is 19.5 Å². The Bertz CT molecular complexity index is 1180. The molecule has 0 aliphatic heterocycles. The molecule has 2 N–H and O–H groups in total. The monoisotopic (exact) mass is 460 g/mol. The molecule has 0 saturated heterocycles. The third-order valence-corrected chi connectivity index (χ3v) is 5.88. The van der Waals surface area contributed by atoms with Crippen LogP contribution >= 0.6 is 11.6 Å². The summed E-state index contributed by atoms with van der Waals surface area (Å²) in [7, 11) is -2.41. The minimum Gasteiger partial charge on any atom is -0.495 e. The van der Waals surface area contributed by atoms with Crippen molar-refractivity contribution >= 4 is 38.9 Å². The number of methoxy groups -OCH3 is 1. The molecule has 162 valence electrons. The first-order valence-corrected chi connectivity index (χ1v) is 11.2. The van der Waals surface area contributed by atoms with Gasteiger partial charge in [-0.3, -0.25) is 9.52 Å². The van der Waals surface area contributed by atoms with Gasteiger partial charge in [0.2, 0.25) is 0 Å².